The molecule has 0 radical (unpaired) electrons. The Balaban J connectivity index is 1.56. The number of methoxy groups -OCH3 is 1. The van der Waals surface area contributed by atoms with Crippen molar-refractivity contribution in [3.63, 3.8) is 0 Å². The molecule has 1 aliphatic heterocycles. The maximum Gasteiger partial charge on any atom is 0.289 e. The molecule has 1 amide bonds. The molecule has 0 N–H and O–H groups in total. The summed E-state index contributed by atoms with van der Waals surface area (Å²) in [4.78, 5) is 14.4. The lowest BCUT2D eigenvalue weighted by molar-refractivity contribution is 0.0629. The van der Waals surface area contributed by atoms with Crippen molar-refractivity contribution in [2.75, 3.05) is 20.2 Å². The zero-order valence-corrected chi connectivity index (χ0v) is 14.8. The van der Waals surface area contributed by atoms with Crippen LogP contribution in [0.5, 0.6) is 0 Å². The summed E-state index contributed by atoms with van der Waals surface area (Å²) in [5, 5.41) is 0. The highest BCUT2D eigenvalue weighted by molar-refractivity contribution is 5.91. The van der Waals surface area contributed by atoms with E-state index in [9.17, 15) is 13.6 Å². The Labute approximate surface area is 151 Å². The van der Waals surface area contributed by atoms with Gasteiger partial charge in [-0.2, -0.15) is 0 Å². The van der Waals surface area contributed by atoms with Gasteiger partial charge in [0.2, 0.25) is 0 Å². The van der Waals surface area contributed by atoms with E-state index >= 15 is 0 Å². The molecular weight excluding hydrogens is 340 g/mol. The van der Waals surface area contributed by atoms with Gasteiger partial charge in [0, 0.05) is 20.2 Å². The number of hydrogen-bond donors (Lipinski definition) is 0. The monoisotopic (exact) mass is 363 g/mol. The molecule has 1 saturated heterocycles. The van der Waals surface area contributed by atoms with Crippen molar-refractivity contribution in [3.05, 3.63) is 59.1 Å². The van der Waals surface area contributed by atoms with Gasteiger partial charge in [0.05, 0.1) is 0 Å². The molecule has 0 spiro atoms. The Morgan fingerprint density at radius 2 is 2.12 bits per heavy atom. The van der Waals surface area contributed by atoms with E-state index in [4.69, 9.17) is 9.15 Å². The Hall–Kier alpha value is -2.21. The van der Waals surface area contributed by atoms with Crippen LogP contribution in [-0.4, -0.2) is 31.0 Å². The molecule has 0 aliphatic carbocycles. The molecule has 4 nitrogen and oxygen atoms in total. The van der Waals surface area contributed by atoms with Crippen molar-refractivity contribution < 1.29 is 22.7 Å². The zero-order chi connectivity index (χ0) is 18.5. The van der Waals surface area contributed by atoms with Gasteiger partial charge < -0.3 is 14.1 Å². The lowest BCUT2D eigenvalue weighted by Gasteiger charge is -2.32. The maximum atomic E-state index is 13.3. The van der Waals surface area contributed by atoms with Crippen LogP contribution in [0, 0.1) is 17.6 Å². The summed E-state index contributed by atoms with van der Waals surface area (Å²) in [6, 6.07) is 7.46. The first-order chi connectivity index (χ1) is 12.6. The van der Waals surface area contributed by atoms with Gasteiger partial charge in [0.1, 0.15) is 12.4 Å². The first-order valence-electron chi connectivity index (χ1n) is 8.87. The number of halogens is 2. The topological polar surface area (TPSA) is 42.7 Å². The lowest BCUT2D eigenvalue weighted by Crippen LogP contribution is -2.39. The summed E-state index contributed by atoms with van der Waals surface area (Å²) in [5.41, 5.74) is 0.780. The first-order valence-corrected chi connectivity index (χ1v) is 8.87. The number of carbonyl (C=O) groups excluding carboxylic acids is 1. The summed E-state index contributed by atoms with van der Waals surface area (Å²) >= 11 is 0. The molecule has 3 rings (SSSR count). The van der Waals surface area contributed by atoms with E-state index in [1.807, 2.05) is 4.90 Å². The molecule has 26 heavy (non-hydrogen) atoms. The van der Waals surface area contributed by atoms with Crippen molar-refractivity contribution in [2.24, 2.45) is 5.92 Å². The number of amides is 1. The average molecular weight is 363 g/mol. The van der Waals surface area contributed by atoms with Crippen LogP contribution in [0.4, 0.5) is 8.78 Å². The van der Waals surface area contributed by atoms with Crippen LogP contribution >= 0.6 is 0 Å². The van der Waals surface area contributed by atoms with E-state index in [-0.39, 0.29) is 5.91 Å². The van der Waals surface area contributed by atoms with Crippen molar-refractivity contribution in [3.8, 4) is 0 Å². The van der Waals surface area contributed by atoms with Gasteiger partial charge in [-0.15, -0.1) is 0 Å². The third-order valence-electron chi connectivity index (χ3n) is 4.79. The molecule has 1 aromatic heterocycles. The van der Waals surface area contributed by atoms with Crippen LogP contribution in [0.15, 0.2) is 34.7 Å². The fourth-order valence-electron chi connectivity index (χ4n) is 3.42. The second-order valence-corrected chi connectivity index (χ2v) is 6.75. The standard InChI is InChI=1S/C20H23F2NO3/c1-25-13-16-7-9-19(26-16)20(24)23-10-2-3-15(12-23)5-4-14-6-8-17(21)18(22)11-14/h6-9,11,15H,2-5,10,12-13H2,1H3/t15-/m0/s1. The highest BCUT2D eigenvalue weighted by Crippen LogP contribution is 2.24. The van der Waals surface area contributed by atoms with Crippen molar-refractivity contribution in [1.29, 1.82) is 0 Å². The minimum Gasteiger partial charge on any atom is -0.453 e. The third kappa shape index (κ3) is 4.49. The fraction of sp³-hybridized carbons (Fsp3) is 0.450. The van der Waals surface area contributed by atoms with Gasteiger partial charge in [-0.3, -0.25) is 4.79 Å². The molecule has 1 aromatic carbocycles. The molecule has 2 heterocycles. The van der Waals surface area contributed by atoms with E-state index < -0.39 is 11.6 Å². The number of piperidine rings is 1. The number of rotatable bonds is 6. The number of benzene rings is 1. The van der Waals surface area contributed by atoms with Crippen LogP contribution in [0.2, 0.25) is 0 Å². The van der Waals surface area contributed by atoms with Gasteiger partial charge >= 0.3 is 0 Å². The van der Waals surface area contributed by atoms with Crippen molar-refractivity contribution in [1.82, 2.24) is 4.90 Å². The molecular formula is C20H23F2NO3. The Morgan fingerprint density at radius 1 is 1.27 bits per heavy atom. The van der Waals surface area contributed by atoms with Gasteiger partial charge in [0.25, 0.3) is 5.91 Å². The largest absolute Gasteiger partial charge is 0.453 e. The number of likely N-dealkylation sites (tertiary alicyclic amines) is 1. The molecule has 0 saturated carbocycles. The lowest BCUT2D eigenvalue weighted by atomic mass is 9.91. The Bertz CT molecular complexity index is 759. The number of ether oxygens (including phenoxy) is 1. The van der Waals surface area contributed by atoms with Crippen LogP contribution < -0.4 is 0 Å². The zero-order valence-electron chi connectivity index (χ0n) is 14.8. The minimum atomic E-state index is -0.825. The second kappa shape index (κ2) is 8.45. The van der Waals surface area contributed by atoms with Crippen molar-refractivity contribution >= 4 is 5.91 Å². The molecule has 1 atom stereocenters. The van der Waals surface area contributed by atoms with E-state index in [1.165, 1.54) is 6.07 Å². The van der Waals surface area contributed by atoms with E-state index in [1.54, 1.807) is 25.3 Å². The number of hydrogen-bond acceptors (Lipinski definition) is 3. The quantitative estimate of drug-likeness (QED) is 0.773. The van der Waals surface area contributed by atoms with Crippen LogP contribution in [0.1, 0.15) is 41.1 Å². The van der Waals surface area contributed by atoms with Crippen LogP contribution in [-0.2, 0) is 17.8 Å². The minimum absolute atomic E-state index is 0.107. The SMILES string of the molecule is COCc1ccc(C(=O)N2CCC[C@@H](CCc3ccc(F)c(F)c3)C2)o1. The molecule has 6 heteroatoms. The van der Waals surface area contributed by atoms with E-state index in [0.29, 0.717) is 43.6 Å². The van der Waals surface area contributed by atoms with Gasteiger partial charge in [-0.1, -0.05) is 6.07 Å². The summed E-state index contributed by atoms with van der Waals surface area (Å²) in [5.74, 6) is -0.442. The van der Waals surface area contributed by atoms with Gasteiger partial charge in [0.15, 0.2) is 17.4 Å². The average Bonchev–Trinajstić information content (AvgIpc) is 3.11. The highest BCUT2D eigenvalue weighted by atomic mass is 19.2. The molecule has 140 valence electrons. The Kier molecular flexibility index (Phi) is 6.04. The van der Waals surface area contributed by atoms with E-state index in [0.717, 1.165) is 30.9 Å². The number of furan rings is 1. The predicted molar refractivity (Wildman–Crippen MR) is 92.7 cm³/mol. The number of carbonyl (C=O) groups is 1. The van der Waals surface area contributed by atoms with Gasteiger partial charge in [-0.25, -0.2) is 8.78 Å². The number of nitrogens with zero attached hydrogens (tertiary/aromatic N) is 1. The summed E-state index contributed by atoms with van der Waals surface area (Å²) < 4.78 is 36.9. The molecule has 0 unspecified atom stereocenters. The molecule has 2 aromatic rings. The highest BCUT2D eigenvalue weighted by Gasteiger charge is 2.26. The third-order valence-corrected chi connectivity index (χ3v) is 4.79. The van der Waals surface area contributed by atoms with Crippen LogP contribution in [0.25, 0.3) is 0 Å². The number of aryl methyl sites for hydroxylation is 1. The van der Waals surface area contributed by atoms with Crippen molar-refractivity contribution in [2.45, 2.75) is 32.3 Å². The summed E-state index contributed by atoms with van der Waals surface area (Å²) in [6.07, 6.45) is 3.46. The summed E-state index contributed by atoms with van der Waals surface area (Å²) in [6.45, 7) is 1.70. The predicted octanol–water partition coefficient (Wildman–Crippen LogP) is 4.19. The van der Waals surface area contributed by atoms with E-state index in [2.05, 4.69) is 0 Å². The second-order valence-electron chi connectivity index (χ2n) is 6.75. The van der Waals surface area contributed by atoms with Gasteiger partial charge in [-0.05, 0) is 61.4 Å². The maximum absolute atomic E-state index is 13.3. The fourth-order valence-corrected chi connectivity index (χ4v) is 3.42. The molecule has 0 bridgehead atoms. The Morgan fingerprint density at radius 3 is 2.88 bits per heavy atom. The first kappa shape index (κ1) is 18.6. The van der Waals surface area contributed by atoms with Crippen LogP contribution in [0.3, 0.4) is 0 Å². The normalized spacial score (nSPS) is 17.5. The molecule has 1 fully saturated rings. The summed E-state index contributed by atoms with van der Waals surface area (Å²) in [7, 11) is 1.58. The smallest absolute Gasteiger partial charge is 0.289 e. The molecule has 1 aliphatic rings.